The largest absolute Gasteiger partial charge is 0.343 e. The van der Waals surface area contributed by atoms with E-state index in [0.29, 0.717) is 11.8 Å². The number of hydrogen-bond acceptors (Lipinski definition) is 1. The highest BCUT2D eigenvalue weighted by molar-refractivity contribution is 5.76. The molecule has 1 amide bonds. The van der Waals surface area contributed by atoms with Crippen molar-refractivity contribution in [1.29, 1.82) is 0 Å². The topological polar surface area (TPSA) is 20.3 Å². The Hall–Kier alpha value is -0.970. The molecule has 1 fully saturated rings. The highest BCUT2D eigenvalue weighted by Gasteiger charge is 2.21. The van der Waals surface area contributed by atoms with Crippen molar-refractivity contribution in [3.05, 3.63) is 0 Å². The normalized spacial score (nSPS) is 16.8. The number of carbonyl (C=O) groups excluding carboxylic acids is 1. The number of piperidine rings is 1. The first-order valence-electron chi connectivity index (χ1n) is 6.45. The molecule has 0 atom stereocenters. The summed E-state index contributed by atoms with van der Waals surface area (Å²) < 4.78 is 0. The number of amides is 1. The Bertz CT molecular complexity index is 266. The van der Waals surface area contributed by atoms with Crippen molar-refractivity contribution in [2.45, 2.75) is 52.4 Å². The summed E-state index contributed by atoms with van der Waals surface area (Å²) in [7, 11) is 0. The molecule has 0 aromatic carbocycles. The minimum absolute atomic E-state index is 0.349. The summed E-state index contributed by atoms with van der Waals surface area (Å²) in [5.41, 5.74) is 0. The average molecular weight is 221 g/mol. The highest BCUT2D eigenvalue weighted by atomic mass is 16.2. The Morgan fingerprint density at radius 2 is 2.06 bits per heavy atom. The average Bonchev–Trinajstić information content (AvgIpc) is 2.34. The van der Waals surface area contributed by atoms with E-state index in [9.17, 15) is 4.79 Å². The summed E-state index contributed by atoms with van der Waals surface area (Å²) in [5, 5.41) is 0. The van der Waals surface area contributed by atoms with Gasteiger partial charge in [-0.1, -0.05) is 13.3 Å². The van der Waals surface area contributed by atoms with Crippen LogP contribution in [0.5, 0.6) is 0 Å². The molecule has 2 heteroatoms. The molecule has 16 heavy (non-hydrogen) atoms. The molecule has 0 bridgehead atoms. The molecule has 1 saturated heterocycles. The third-order valence-corrected chi connectivity index (χ3v) is 3.28. The lowest BCUT2D eigenvalue weighted by molar-refractivity contribution is -0.132. The number of likely N-dealkylation sites (tertiary alicyclic amines) is 1. The van der Waals surface area contributed by atoms with Gasteiger partial charge in [0.1, 0.15) is 0 Å². The third kappa shape index (κ3) is 4.26. The second kappa shape index (κ2) is 7.33. The molecule has 0 unspecified atom stereocenters. The second-order valence-corrected chi connectivity index (χ2v) is 4.56. The zero-order valence-corrected chi connectivity index (χ0v) is 10.6. The van der Waals surface area contributed by atoms with E-state index < -0.39 is 0 Å². The fourth-order valence-electron chi connectivity index (χ4n) is 2.12. The number of unbranched alkanes of at least 4 members (excludes halogenated alkanes) is 1. The van der Waals surface area contributed by atoms with E-state index >= 15 is 0 Å². The molecule has 0 N–H and O–H groups in total. The predicted molar refractivity (Wildman–Crippen MR) is 66.9 cm³/mol. The Kier molecular flexibility index (Phi) is 6.00. The maximum atomic E-state index is 11.8. The third-order valence-electron chi connectivity index (χ3n) is 3.28. The molecule has 0 aliphatic carbocycles. The Morgan fingerprint density at radius 1 is 1.38 bits per heavy atom. The molecule has 0 aromatic rings. The summed E-state index contributed by atoms with van der Waals surface area (Å²) in [4.78, 5) is 13.8. The zero-order valence-electron chi connectivity index (χ0n) is 10.6. The van der Waals surface area contributed by atoms with Crippen LogP contribution in [-0.2, 0) is 4.79 Å². The molecule has 1 aliphatic rings. The lowest BCUT2D eigenvalue weighted by atomic mass is 9.93. The van der Waals surface area contributed by atoms with Gasteiger partial charge in [-0.3, -0.25) is 4.79 Å². The van der Waals surface area contributed by atoms with Crippen molar-refractivity contribution in [3.63, 3.8) is 0 Å². The van der Waals surface area contributed by atoms with Gasteiger partial charge in [-0.15, -0.1) is 11.8 Å². The van der Waals surface area contributed by atoms with E-state index in [0.717, 1.165) is 51.6 Å². The number of nitrogens with zero attached hydrogens (tertiary/aromatic N) is 1. The monoisotopic (exact) mass is 221 g/mol. The minimum atomic E-state index is 0.349. The van der Waals surface area contributed by atoms with Crippen LogP contribution in [0.4, 0.5) is 0 Å². The Labute approximate surface area is 99.4 Å². The van der Waals surface area contributed by atoms with E-state index in [1.165, 1.54) is 0 Å². The van der Waals surface area contributed by atoms with Crippen LogP contribution in [0, 0.1) is 17.8 Å². The summed E-state index contributed by atoms with van der Waals surface area (Å²) >= 11 is 0. The van der Waals surface area contributed by atoms with E-state index in [2.05, 4.69) is 18.8 Å². The van der Waals surface area contributed by atoms with Gasteiger partial charge in [0.25, 0.3) is 0 Å². The van der Waals surface area contributed by atoms with Crippen molar-refractivity contribution in [3.8, 4) is 11.8 Å². The van der Waals surface area contributed by atoms with Gasteiger partial charge in [0.05, 0.1) is 0 Å². The smallest absolute Gasteiger partial charge is 0.222 e. The molecule has 0 saturated carbocycles. The van der Waals surface area contributed by atoms with Gasteiger partial charge in [0.15, 0.2) is 0 Å². The first-order chi connectivity index (χ1) is 7.77. The van der Waals surface area contributed by atoms with E-state index in [1.54, 1.807) is 0 Å². The summed E-state index contributed by atoms with van der Waals surface area (Å²) in [6.07, 6.45) is 6.14. The van der Waals surface area contributed by atoms with Gasteiger partial charge < -0.3 is 4.90 Å². The molecule has 1 rings (SSSR count). The predicted octanol–water partition coefficient (Wildman–Crippen LogP) is 2.83. The molecule has 1 aliphatic heterocycles. The number of carbonyl (C=O) groups is 1. The lowest BCUT2D eigenvalue weighted by Crippen LogP contribution is -2.38. The van der Waals surface area contributed by atoms with Crippen molar-refractivity contribution in [1.82, 2.24) is 4.90 Å². The van der Waals surface area contributed by atoms with Crippen molar-refractivity contribution < 1.29 is 4.79 Å². The number of hydrogen-bond donors (Lipinski definition) is 0. The first kappa shape index (κ1) is 13.1. The zero-order chi connectivity index (χ0) is 11.8. The standard InChI is InChI=1S/C14H23NO/c1-3-5-7-13-9-11-15(12-10-13)14(16)8-6-4-2/h13H,4,6-12H2,1-2H3. The van der Waals surface area contributed by atoms with Crippen LogP contribution < -0.4 is 0 Å². The van der Waals surface area contributed by atoms with E-state index in [4.69, 9.17) is 0 Å². The van der Waals surface area contributed by atoms with Crippen LogP contribution in [-0.4, -0.2) is 23.9 Å². The molecule has 2 nitrogen and oxygen atoms in total. The molecule has 1 heterocycles. The fourth-order valence-corrected chi connectivity index (χ4v) is 2.12. The van der Waals surface area contributed by atoms with Crippen molar-refractivity contribution in [2.75, 3.05) is 13.1 Å². The van der Waals surface area contributed by atoms with E-state index in [1.807, 2.05) is 11.8 Å². The van der Waals surface area contributed by atoms with Gasteiger partial charge in [-0.25, -0.2) is 0 Å². The quantitative estimate of drug-likeness (QED) is 0.668. The lowest BCUT2D eigenvalue weighted by Gasteiger charge is -2.31. The van der Waals surface area contributed by atoms with Gasteiger partial charge in [0.2, 0.25) is 5.91 Å². The van der Waals surface area contributed by atoms with Gasteiger partial charge >= 0.3 is 0 Å². The van der Waals surface area contributed by atoms with Crippen molar-refractivity contribution in [2.24, 2.45) is 5.92 Å². The molecule has 0 aromatic heterocycles. The highest BCUT2D eigenvalue weighted by Crippen LogP contribution is 2.20. The molecule has 0 spiro atoms. The molecular formula is C14H23NO. The van der Waals surface area contributed by atoms with Crippen LogP contribution in [0.2, 0.25) is 0 Å². The number of rotatable bonds is 4. The van der Waals surface area contributed by atoms with Crippen molar-refractivity contribution >= 4 is 5.91 Å². The second-order valence-electron chi connectivity index (χ2n) is 4.56. The fraction of sp³-hybridized carbons (Fsp3) is 0.786. The first-order valence-corrected chi connectivity index (χ1v) is 6.45. The Balaban J connectivity index is 2.24. The van der Waals surface area contributed by atoms with Crippen LogP contribution in [0.1, 0.15) is 52.4 Å². The maximum absolute atomic E-state index is 11.8. The minimum Gasteiger partial charge on any atom is -0.343 e. The van der Waals surface area contributed by atoms with Gasteiger partial charge in [0, 0.05) is 25.9 Å². The van der Waals surface area contributed by atoms with Crippen LogP contribution in [0.25, 0.3) is 0 Å². The van der Waals surface area contributed by atoms with Crippen LogP contribution in [0.15, 0.2) is 0 Å². The van der Waals surface area contributed by atoms with Gasteiger partial charge in [-0.05, 0) is 32.1 Å². The van der Waals surface area contributed by atoms with Crippen LogP contribution >= 0.6 is 0 Å². The summed E-state index contributed by atoms with van der Waals surface area (Å²) in [6.45, 7) is 5.91. The molecule has 90 valence electrons. The van der Waals surface area contributed by atoms with Gasteiger partial charge in [-0.2, -0.15) is 0 Å². The maximum Gasteiger partial charge on any atom is 0.222 e. The Morgan fingerprint density at radius 3 is 2.62 bits per heavy atom. The summed E-state index contributed by atoms with van der Waals surface area (Å²) in [6, 6.07) is 0. The SMILES string of the molecule is CC#CCC1CCN(C(=O)CCCC)CC1. The molecule has 0 radical (unpaired) electrons. The van der Waals surface area contributed by atoms with E-state index in [-0.39, 0.29) is 0 Å². The molecular weight excluding hydrogens is 198 g/mol. The van der Waals surface area contributed by atoms with Crippen LogP contribution in [0.3, 0.4) is 0 Å². The summed E-state index contributed by atoms with van der Waals surface area (Å²) in [5.74, 6) is 7.15.